The predicted octanol–water partition coefficient (Wildman–Crippen LogP) is 2.75. The molecule has 82 valence electrons. The summed E-state index contributed by atoms with van der Waals surface area (Å²) in [5, 5.41) is 0. The van der Waals surface area contributed by atoms with Crippen LogP contribution in [0.1, 0.15) is 25.0 Å². The van der Waals surface area contributed by atoms with Crippen molar-refractivity contribution in [1.82, 2.24) is 4.90 Å². The lowest BCUT2D eigenvalue weighted by atomic mass is 9.99. The largest absolute Gasteiger partial charge is 0.297 e. The van der Waals surface area contributed by atoms with E-state index in [1.807, 2.05) is 0 Å². The van der Waals surface area contributed by atoms with Crippen molar-refractivity contribution in [2.24, 2.45) is 0 Å². The molecule has 2 rings (SSSR count). The molecule has 0 aliphatic carbocycles. The molecule has 0 fully saturated rings. The molecule has 1 aromatic rings. The average molecular weight is 221 g/mol. The molecule has 15 heavy (non-hydrogen) atoms. The molecule has 0 aromatic heterocycles. The summed E-state index contributed by atoms with van der Waals surface area (Å²) in [6.07, 6.45) is 1.18. The van der Waals surface area contributed by atoms with Gasteiger partial charge in [0, 0.05) is 24.4 Å². The van der Waals surface area contributed by atoms with Crippen LogP contribution in [0.2, 0.25) is 0 Å². The lowest BCUT2D eigenvalue weighted by molar-refractivity contribution is 0.238. The van der Waals surface area contributed by atoms with Crippen LogP contribution in [0.15, 0.2) is 24.3 Å². The van der Waals surface area contributed by atoms with Gasteiger partial charge in [-0.25, -0.2) is 0 Å². The Kier molecular flexibility index (Phi) is 3.08. The highest BCUT2D eigenvalue weighted by molar-refractivity contribution is 7.81. The molecular formula is C13H19NS. The minimum atomic E-state index is 0.103. The van der Waals surface area contributed by atoms with Crippen molar-refractivity contribution in [2.45, 2.75) is 31.6 Å². The molecule has 1 nitrogen and oxygen atoms in total. The summed E-state index contributed by atoms with van der Waals surface area (Å²) >= 11 is 4.59. The van der Waals surface area contributed by atoms with Crippen molar-refractivity contribution >= 4 is 12.6 Å². The lowest BCUT2D eigenvalue weighted by Gasteiger charge is -2.33. The number of rotatable bonds is 2. The molecule has 0 N–H and O–H groups in total. The van der Waals surface area contributed by atoms with Gasteiger partial charge in [-0.1, -0.05) is 24.3 Å². The Labute approximate surface area is 97.9 Å². The van der Waals surface area contributed by atoms with E-state index in [0.29, 0.717) is 0 Å². The van der Waals surface area contributed by atoms with Crippen LogP contribution >= 0.6 is 12.6 Å². The second kappa shape index (κ2) is 4.18. The van der Waals surface area contributed by atoms with Crippen LogP contribution in [0.25, 0.3) is 0 Å². The molecule has 0 atom stereocenters. The number of nitrogens with zero attached hydrogens (tertiary/aromatic N) is 1. The predicted molar refractivity (Wildman–Crippen MR) is 68.5 cm³/mol. The topological polar surface area (TPSA) is 3.24 Å². The Bertz CT molecular complexity index is 341. The van der Waals surface area contributed by atoms with Crippen LogP contribution in [0.5, 0.6) is 0 Å². The zero-order valence-corrected chi connectivity index (χ0v) is 10.4. The van der Waals surface area contributed by atoms with E-state index in [1.54, 1.807) is 0 Å². The van der Waals surface area contributed by atoms with E-state index in [-0.39, 0.29) is 4.75 Å². The fourth-order valence-corrected chi connectivity index (χ4v) is 2.44. The SMILES string of the molecule is CC(C)(S)CN1CCc2ccccc2C1. The summed E-state index contributed by atoms with van der Waals surface area (Å²) in [6, 6.07) is 8.76. The van der Waals surface area contributed by atoms with Crippen molar-refractivity contribution in [1.29, 1.82) is 0 Å². The Morgan fingerprint density at radius 1 is 1.27 bits per heavy atom. The van der Waals surface area contributed by atoms with Gasteiger partial charge in [-0.15, -0.1) is 0 Å². The van der Waals surface area contributed by atoms with E-state index in [9.17, 15) is 0 Å². The molecule has 0 saturated heterocycles. The van der Waals surface area contributed by atoms with Gasteiger partial charge >= 0.3 is 0 Å². The van der Waals surface area contributed by atoms with E-state index in [1.165, 1.54) is 24.1 Å². The van der Waals surface area contributed by atoms with Crippen molar-refractivity contribution < 1.29 is 0 Å². The molecule has 2 heteroatoms. The van der Waals surface area contributed by atoms with Crippen LogP contribution < -0.4 is 0 Å². The first-order valence-electron chi connectivity index (χ1n) is 5.56. The third-order valence-corrected chi connectivity index (χ3v) is 2.96. The van der Waals surface area contributed by atoms with Gasteiger partial charge in [0.25, 0.3) is 0 Å². The highest BCUT2D eigenvalue weighted by atomic mass is 32.1. The van der Waals surface area contributed by atoms with Crippen molar-refractivity contribution in [3.63, 3.8) is 0 Å². The first-order valence-corrected chi connectivity index (χ1v) is 6.01. The van der Waals surface area contributed by atoms with Crippen molar-refractivity contribution in [3.05, 3.63) is 35.4 Å². The van der Waals surface area contributed by atoms with Gasteiger partial charge in [0.2, 0.25) is 0 Å². The molecule has 0 spiro atoms. The van der Waals surface area contributed by atoms with E-state index >= 15 is 0 Å². The summed E-state index contributed by atoms with van der Waals surface area (Å²) in [7, 11) is 0. The van der Waals surface area contributed by atoms with Gasteiger partial charge in [0.1, 0.15) is 0 Å². The van der Waals surface area contributed by atoms with E-state index < -0.39 is 0 Å². The zero-order valence-electron chi connectivity index (χ0n) is 9.53. The molecular weight excluding hydrogens is 202 g/mol. The number of hydrogen-bond acceptors (Lipinski definition) is 2. The second-order valence-electron chi connectivity index (χ2n) is 5.04. The quantitative estimate of drug-likeness (QED) is 0.752. The summed E-state index contributed by atoms with van der Waals surface area (Å²) < 4.78 is 0.103. The normalized spacial score (nSPS) is 17.5. The van der Waals surface area contributed by atoms with E-state index in [2.05, 4.69) is 55.6 Å². The maximum atomic E-state index is 4.59. The first kappa shape index (κ1) is 11.0. The van der Waals surface area contributed by atoms with Gasteiger partial charge in [-0.3, -0.25) is 4.90 Å². The first-order chi connectivity index (χ1) is 7.04. The summed E-state index contributed by atoms with van der Waals surface area (Å²) in [6.45, 7) is 7.67. The number of benzene rings is 1. The van der Waals surface area contributed by atoms with Gasteiger partial charge in [0.05, 0.1) is 0 Å². The number of hydrogen-bond donors (Lipinski definition) is 1. The maximum absolute atomic E-state index is 4.59. The Morgan fingerprint density at radius 2 is 1.93 bits per heavy atom. The molecule has 0 radical (unpaired) electrons. The summed E-state index contributed by atoms with van der Waals surface area (Å²) in [5.74, 6) is 0. The maximum Gasteiger partial charge on any atom is 0.0237 e. The molecule has 1 aliphatic rings. The minimum absolute atomic E-state index is 0.103. The Hall–Kier alpha value is -0.470. The molecule has 1 aliphatic heterocycles. The van der Waals surface area contributed by atoms with E-state index in [4.69, 9.17) is 0 Å². The fourth-order valence-electron chi connectivity index (χ4n) is 2.24. The van der Waals surface area contributed by atoms with Crippen LogP contribution in [0.3, 0.4) is 0 Å². The molecule has 0 unspecified atom stereocenters. The van der Waals surface area contributed by atoms with Crippen molar-refractivity contribution in [2.75, 3.05) is 13.1 Å². The number of thiol groups is 1. The van der Waals surface area contributed by atoms with Crippen LogP contribution in [-0.4, -0.2) is 22.7 Å². The lowest BCUT2D eigenvalue weighted by Crippen LogP contribution is -2.38. The second-order valence-corrected chi connectivity index (χ2v) is 6.25. The molecule has 1 aromatic carbocycles. The monoisotopic (exact) mass is 221 g/mol. The highest BCUT2D eigenvalue weighted by Gasteiger charge is 2.21. The van der Waals surface area contributed by atoms with Gasteiger partial charge in [-0.2, -0.15) is 12.6 Å². The van der Waals surface area contributed by atoms with Gasteiger partial charge in [-0.05, 0) is 31.4 Å². The zero-order chi connectivity index (χ0) is 10.9. The molecule has 1 heterocycles. The number of fused-ring (bicyclic) bond motifs is 1. The standard InChI is InChI=1S/C13H19NS/c1-13(2,15)10-14-8-7-11-5-3-4-6-12(11)9-14/h3-6,15H,7-10H2,1-2H3. The minimum Gasteiger partial charge on any atom is -0.297 e. The van der Waals surface area contributed by atoms with Crippen LogP contribution in [0.4, 0.5) is 0 Å². The smallest absolute Gasteiger partial charge is 0.0237 e. The van der Waals surface area contributed by atoms with Crippen LogP contribution in [-0.2, 0) is 13.0 Å². The van der Waals surface area contributed by atoms with E-state index in [0.717, 1.165) is 13.1 Å². The van der Waals surface area contributed by atoms with Gasteiger partial charge < -0.3 is 0 Å². The Balaban J connectivity index is 2.06. The van der Waals surface area contributed by atoms with Crippen LogP contribution in [0, 0.1) is 0 Å². The molecule has 0 amide bonds. The van der Waals surface area contributed by atoms with Crippen molar-refractivity contribution in [3.8, 4) is 0 Å². The van der Waals surface area contributed by atoms with Gasteiger partial charge in [0.15, 0.2) is 0 Å². The average Bonchev–Trinajstić information content (AvgIpc) is 2.15. The summed E-state index contributed by atoms with van der Waals surface area (Å²) in [5.41, 5.74) is 3.01. The third kappa shape index (κ3) is 2.99. The Morgan fingerprint density at radius 3 is 2.60 bits per heavy atom. The fraction of sp³-hybridized carbons (Fsp3) is 0.538. The third-order valence-electron chi connectivity index (χ3n) is 2.82. The molecule has 0 saturated carbocycles. The molecule has 0 bridgehead atoms. The highest BCUT2D eigenvalue weighted by Crippen LogP contribution is 2.22. The summed E-state index contributed by atoms with van der Waals surface area (Å²) in [4.78, 5) is 2.50.